The van der Waals surface area contributed by atoms with Gasteiger partial charge in [-0.15, -0.1) is 12.4 Å². The van der Waals surface area contributed by atoms with E-state index in [1.54, 1.807) is 0 Å². The van der Waals surface area contributed by atoms with Gasteiger partial charge in [-0.3, -0.25) is 4.79 Å². The zero-order valence-electron chi connectivity index (χ0n) is 14.4. The van der Waals surface area contributed by atoms with Gasteiger partial charge < -0.3 is 15.6 Å². The molecule has 3 N–H and O–H groups in total. The van der Waals surface area contributed by atoms with Gasteiger partial charge >= 0.3 is 0 Å². The monoisotopic (exact) mass is 352 g/mol. The predicted octanol–water partition coefficient (Wildman–Crippen LogP) is 3.08. The van der Waals surface area contributed by atoms with Crippen LogP contribution in [0.3, 0.4) is 0 Å². The number of aromatic nitrogens is 2. The lowest BCUT2D eigenvalue weighted by atomic mass is 9.96. The Bertz CT molecular complexity index is 736. The fourth-order valence-electron chi connectivity index (χ4n) is 3.33. The number of pyridine rings is 1. The van der Waals surface area contributed by atoms with E-state index in [0.29, 0.717) is 28.9 Å². The first kappa shape index (κ1) is 18.7. The minimum Gasteiger partial charge on any atom is -0.345 e. The van der Waals surface area contributed by atoms with Crippen molar-refractivity contribution in [2.45, 2.75) is 57.9 Å². The van der Waals surface area contributed by atoms with Crippen LogP contribution in [0.25, 0.3) is 11.1 Å². The van der Waals surface area contributed by atoms with Crippen LogP contribution in [0.2, 0.25) is 0 Å². The summed E-state index contributed by atoms with van der Waals surface area (Å²) in [4.78, 5) is 17.4. The maximum Gasteiger partial charge on any atom is 0.259 e. The number of nitrogens with two attached hydrogens (primary N) is 1. The first-order valence-electron chi connectivity index (χ1n) is 8.25. The molecule has 1 saturated carbocycles. The van der Waals surface area contributed by atoms with E-state index in [9.17, 15) is 4.79 Å². The van der Waals surface area contributed by atoms with E-state index in [2.05, 4.69) is 15.5 Å². The maximum absolute atomic E-state index is 12.9. The molecule has 0 aromatic carbocycles. The van der Waals surface area contributed by atoms with Gasteiger partial charge in [0.1, 0.15) is 0 Å². The van der Waals surface area contributed by atoms with Gasteiger partial charge in [0.25, 0.3) is 11.6 Å². The Morgan fingerprint density at radius 3 is 2.67 bits per heavy atom. The summed E-state index contributed by atoms with van der Waals surface area (Å²) in [5.74, 6) is 0.0873. The molecule has 1 aliphatic rings. The summed E-state index contributed by atoms with van der Waals surface area (Å²) in [6.45, 7) is 6.37. The van der Waals surface area contributed by atoms with Crippen LogP contribution in [-0.4, -0.2) is 28.1 Å². The third-order valence-corrected chi connectivity index (χ3v) is 4.80. The molecule has 2 heterocycles. The van der Waals surface area contributed by atoms with Crippen LogP contribution in [0.4, 0.5) is 0 Å². The molecule has 6 nitrogen and oxygen atoms in total. The molecule has 24 heavy (non-hydrogen) atoms. The highest BCUT2D eigenvalue weighted by Gasteiger charge is 2.35. The molecular formula is C17H25ClN4O2. The van der Waals surface area contributed by atoms with Crippen LogP contribution in [-0.2, 0) is 0 Å². The number of halogens is 1. The van der Waals surface area contributed by atoms with E-state index < -0.39 is 0 Å². The highest BCUT2D eigenvalue weighted by atomic mass is 35.5. The van der Waals surface area contributed by atoms with E-state index in [-0.39, 0.29) is 29.8 Å². The van der Waals surface area contributed by atoms with Crippen LogP contribution in [0.5, 0.6) is 0 Å². The van der Waals surface area contributed by atoms with Gasteiger partial charge in [0.15, 0.2) is 0 Å². The summed E-state index contributed by atoms with van der Waals surface area (Å²) < 4.78 is 5.29. The third kappa shape index (κ3) is 3.26. The van der Waals surface area contributed by atoms with Gasteiger partial charge in [0.05, 0.1) is 22.2 Å². The van der Waals surface area contributed by atoms with Crippen molar-refractivity contribution in [2.24, 2.45) is 5.73 Å². The first-order chi connectivity index (χ1) is 11.0. The summed E-state index contributed by atoms with van der Waals surface area (Å²) in [6, 6.07) is 1.85. The van der Waals surface area contributed by atoms with Crippen molar-refractivity contribution in [2.75, 3.05) is 6.54 Å². The molecule has 0 unspecified atom stereocenters. The quantitative estimate of drug-likeness (QED) is 0.881. The molecule has 0 atom stereocenters. The Morgan fingerprint density at radius 2 is 2.08 bits per heavy atom. The maximum atomic E-state index is 12.9. The van der Waals surface area contributed by atoms with E-state index in [0.717, 1.165) is 31.4 Å². The molecule has 0 bridgehead atoms. The van der Waals surface area contributed by atoms with Crippen LogP contribution in [0.15, 0.2) is 10.6 Å². The van der Waals surface area contributed by atoms with Crippen molar-refractivity contribution in [3.63, 3.8) is 0 Å². The molecule has 1 amide bonds. The van der Waals surface area contributed by atoms with Gasteiger partial charge in [0.2, 0.25) is 0 Å². The molecule has 0 aliphatic heterocycles. The van der Waals surface area contributed by atoms with E-state index in [4.69, 9.17) is 10.3 Å². The Balaban J connectivity index is 0.00000208. The van der Waals surface area contributed by atoms with Crippen molar-refractivity contribution >= 4 is 29.4 Å². The average molecular weight is 353 g/mol. The standard InChI is InChI=1S/C17H24N4O2.ClH/c1-10(2)13-8-12(14-11(3)21-23-16(14)19-13)15(22)20-17(9-18)6-4-5-7-17;/h8,10H,4-7,9,18H2,1-3H3,(H,20,22);1H. The summed E-state index contributed by atoms with van der Waals surface area (Å²) >= 11 is 0. The Labute approximate surface area is 148 Å². The lowest BCUT2D eigenvalue weighted by Gasteiger charge is -2.29. The fourth-order valence-corrected chi connectivity index (χ4v) is 3.33. The number of rotatable bonds is 4. The van der Waals surface area contributed by atoms with E-state index >= 15 is 0 Å². The molecule has 1 fully saturated rings. The zero-order valence-corrected chi connectivity index (χ0v) is 15.2. The number of carbonyl (C=O) groups excluding carboxylic acids is 1. The van der Waals surface area contributed by atoms with Gasteiger partial charge in [-0.25, -0.2) is 4.98 Å². The molecular weight excluding hydrogens is 328 g/mol. The van der Waals surface area contributed by atoms with E-state index in [1.165, 1.54) is 0 Å². The van der Waals surface area contributed by atoms with Gasteiger partial charge in [-0.05, 0) is 31.7 Å². The zero-order chi connectivity index (χ0) is 16.6. The molecule has 2 aromatic heterocycles. The lowest BCUT2D eigenvalue weighted by Crippen LogP contribution is -2.51. The summed E-state index contributed by atoms with van der Waals surface area (Å²) in [6.07, 6.45) is 4.08. The normalized spacial score (nSPS) is 16.4. The second kappa shape index (κ2) is 7.07. The molecule has 2 aromatic rings. The molecule has 0 spiro atoms. The number of hydrogen-bond acceptors (Lipinski definition) is 5. The molecule has 0 radical (unpaired) electrons. The minimum atomic E-state index is -0.282. The Morgan fingerprint density at radius 1 is 1.42 bits per heavy atom. The van der Waals surface area contributed by atoms with Crippen molar-refractivity contribution in [1.29, 1.82) is 0 Å². The summed E-state index contributed by atoms with van der Waals surface area (Å²) in [5, 5.41) is 7.83. The fraction of sp³-hybridized carbons (Fsp3) is 0.588. The average Bonchev–Trinajstić information content (AvgIpc) is 3.14. The predicted molar refractivity (Wildman–Crippen MR) is 95.6 cm³/mol. The van der Waals surface area contributed by atoms with Crippen molar-refractivity contribution in [3.8, 4) is 0 Å². The number of amides is 1. The number of nitrogens with one attached hydrogen (secondary N) is 1. The lowest BCUT2D eigenvalue weighted by molar-refractivity contribution is 0.0904. The topological polar surface area (TPSA) is 94.0 Å². The molecule has 1 aliphatic carbocycles. The number of fused-ring (bicyclic) bond motifs is 1. The smallest absolute Gasteiger partial charge is 0.259 e. The molecule has 0 saturated heterocycles. The third-order valence-electron chi connectivity index (χ3n) is 4.80. The van der Waals surface area contributed by atoms with Crippen LogP contribution in [0, 0.1) is 6.92 Å². The molecule has 3 rings (SSSR count). The van der Waals surface area contributed by atoms with Gasteiger partial charge in [0, 0.05) is 12.2 Å². The second-order valence-corrected chi connectivity index (χ2v) is 6.84. The van der Waals surface area contributed by atoms with Crippen LogP contribution in [0.1, 0.15) is 67.2 Å². The number of hydrogen-bond donors (Lipinski definition) is 2. The highest BCUT2D eigenvalue weighted by Crippen LogP contribution is 2.30. The SMILES string of the molecule is Cc1noc2nc(C(C)C)cc(C(=O)NC3(CN)CCCC3)c12.Cl. The summed E-state index contributed by atoms with van der Waals surface area (Å²) in [7, 11) is 0. The molecule has 132 valence electrons. The van der Waals surface area contributed by atoms with Gasteiger partial charge in [-0.2, -0.15) is 0 Å². The molecule has 7 heteroatoms. The van der Waals surface area contributed by atoms with Crippen molar-refractivity contribution in [3.05, 3.63) is 23.0 Å². The van der Waals surface area contributed by atoms with Gasteiger partial charge in [-0.1, -0.05) is 31.8 Å². The van der Waals surface area contributed by atoms with Crippen LogP contribution < -0.4 is 11.1 Å². The van der Waals surface area contributed by atoms with Crippen LogP contribution >= 0.6 is 12.4 Å². The Kier molecular flexibility index (Phi) is 5.50. The van der Waals surface area contributed by atoms with E-state index in [1.807, 2.05) is 26.8 Å². The largest absolute Gasteiger partial charge is 0.345 e. The number of nitrogens with zero attached hydrogens (tertiary/aromatic N) is 2. The number of aryl methyl sites for hydroxylation is 1. The number of carbonyl (C=O) groups is 1. The van der Waals surface area contributed by atoms with Crippen molar-refractivity contribution < 1.29 is 9.32 Å². The highest BCUT2D eigenvalue weighted by molar-refractivity contribution is 6.06. The second-order valence-electron chi connectivity index (χ2n) is 6.84. The minimum absolute atomic E-state index is 0. The Hall–Kier alpha value is -1.66. The van der Waals surface area contributed by atoms with Crippen molar-refractivity contribution in [1.82, 2.24) is 15.5 Å². The first-order valence-corrected chi connectivity index (χ1v) is 8.25. The summed E-state index contributed by atoms with van der Waals surface area (Å²) in [5.41, 5.74) is 8.17.